The van der Waals surface area contributed by atoms with Gasteiger partial charge in [0.1, 0.15) is 0 Å². The van der Waals surface area contributed by atoms with E-state index in [4.69, 9.17) is 4.74 Å². The summed E-state index contributed by atoms with van der Waals surface area (Å²) in [5.41, 5.74) is 1.89. The molecule has 3 unspecified atom stereocenters. The van der Waals surface area contributed by atoms with Crippen molar-refractivity contribution in [2.24, 2.45) is 17.8 Å². The lowest BCUT2D eigenvalue weighted by Crippen LogP contribution is -2.18. The fourth-order valence-corrected chi connectivity index (χ4v) is 3.30. The third kappa shape index (κ3) is 2.35. The van der Waals surface area contributed by atoms with E-state index in [2.05, 4.69) is 12.2 Å². The number of allylic oxidation sites excluding steroid dienone is 2. The highest BCUT2D eigenvalue weighted by molar-refractivity contribution is 5.94. The van der Waals surface area contributed by atoms with E-state index in [0.717, 1.165) is 17.6 Å². The van der Waals surface area contributed by atoms with Crippen LogP contribution >= 0.6 is 0 Å². The highest BCUT2D eigenvalue weighted by Crippen LogP contribution is 2.47. The van der Waals surface area contributed by atoms with Crippen LogP contribution in [0.3, 0.4) is 0 Å². The van der Waals surface area contributed by atoms with Gasteiger partial charge in [-0.1, -0.05) is 42.5 Å². The van der Waals surface area contributed by atoms with Gasteiger partial charge in [0.05, 0.1) is 7.11 Å². The van der Waals surface area contributed by atoms with E-state index >= 15 is 0 Å². The Morgan fingerprint density at radius 2 is 2.00 bits per heavy atom. The highest BCUT2D eigenvalue weighted by atomic mass is 16.5. The number of rotatable bonds is 3. The summed E-state index contributed by atoms with van der Waals surface area (Å²) in [5, 5.41) is 0. The topological polar surface area (TPSA) is 26.3 Å². The summed E-state index contributed by atoms with van der Waals surface area (Å²) in [5.74, 6) is 1.30. The maximum Gasteiger partial charge on any atom is 0.334 e. The number of hydrogen-bond donors (Lipinski definition) is 0. The number of carbonyl (C=O) groups excluding carboxylic acids is 1. The van der Waals surface area contributed by atoms with E-state index in [0.29, 0.717) is 17.8 Å². The van der Waals surface area contributed by atoms with Crippen LogP contribution in [0.2, 0.25) is 0 Å². The zero-order valence-corrected chi connectivity index (χ0v) is 11.1. The second-order valence-corrected chi connectivity index (χ2v) is 5.39. The molecule has 1 aromatic carbocycles. The predicted octanol–water partition coefficient (Wildman–Crippen LogP) is 3.46. The van der Waals surface area contributed by atoms with Crippen LogP contribution in [0.15, 0.2) is 48.1 Å². The van der Waals surface area contributed by atoms with Crippen molar-refractivity contribution in [2.45, 2.75) is 12.8 Å². The number of fused-ring (bicyclic) bond motifs is 2. The summed E-state index contributed by atoms with van der Waals surface area (Å²) in [6, 6.07) is 10.00. The molecule has 3 rings (SSSR count). The summed E-state index contributed by atoms with van der Waals surface area (Å²) < 4.78 is 4.97. The van der Waals surface area contributed by atoms with Gasteiger partial charge in [-0.15, -0.1) is 0 Å². The Bertz CT molecular complexity index is 527. The van der Waals surface area contributed by atoms with Crippen molar-refractivity contribution in [2.75, 3.05) is 7.11 Å². The zero-order valence-electron chi connectivity index (χ0n) is 11.1. The third-order valence-corrected chi connectivity index (χ3v) is 4.22. The number of methoxy groups -OCH3 is 1. The number of benzene rings is 1. The molecule has 0 radical (unpaired) electrons. The first-order chi connectivity index (χ1) is 9.28. The van der Waals surface area contributed by atoms with Crippen LogP contribution in [0.5, 0.6) is 0 Å². The van der Waals surface area contributed by atoms with Gasteiger partial charge >= 0.3 is 5.97 Å². The monoisotopic (exact) mass is 254 g/mol. The molecule has 0 aliphatic heterocycles. The normalized spacial score (nSPS) is 28.7. The first-order valence-corrected chi connectivity index (χ1v) is 6.81. The van der Waals surface area contributed by atoms with E-state index in [9.17, 15) is 4.79 Å². The van der Waals surface area contributed by atoms with Crippen molar-refractivity contribution in [3.63, 3.8) is 0 Å². The summed E-state index contributed by atoms with van der Waals surface area (Å²) in [4.78, 5) is 12.1. The zero-order chi connectivity index (χ0) is 13.2. The van der Waals surface area contributed by atoms with E-state index in [1.165, 1.54) is 13.5 Å². The molecule has 1 aromatic rings. The molecule has 0 saturated heterocycles. The number of esters is 1. The molecule has 19 heavy (non-hydrogen) atoms. The Morgan fingerprint density at radius 3 is 2.58 bits per heavy atom. The molecule has 2 aliphatic rings. The molecular formula is C17H18O2. The maximum atomic E-state index is 12.1. The molecule has 0 spiro atoms. The van der Waals surface area contributed by atoms with Gasteiger partial charge in [0.15, 0.2) is 0 Å². The van der Waals surface area contributed by atoms with Crippen LogP contribution in [0.1, 0.15) is 18.4 Å². The lowest BCUT2D eigenvalue weighted by molar-refractivity contribution is -0.136. The van der Waals surface area contributed by atoms with Crippen LogP contribution in [0.25, 0.3) is 6.08 Å². The van der Waals surface area contributed by atoms with Gasteiger partial charge in [-0.25, -0.2) is 4.79 Å². The molecule has 3 atom stereocenters. The molecule has 2 bridgehead atoms. The number of carbonyl (C=O) groups is 1. The van der Waals surface area contributed by atoms with Gasteiger partial charge in [0.2, 0.25) is 0 Å². The predicted molar refractivity (Wildman–Crippen MR) is 75.3 cm³/mol. The Kier molecular flexibility index (Phi) is 3.24. The van der Waals surface area contributed by atoms with Gasteiger partial charge in [0.25, 0.3) is 0 Å². The van der Waals surface area contributed by atoms with E-state index in [1.54, 1.807) is 0 Å². The quantitative estimate of drug-likeness (QED) is 0.469. The summed E-state index contributed by atoms with van der Waals surface area (Å²) >= 11 is 0. The first-order valence-electron chi connectivity index (χ1n) is 6.81. The van der Waals surface area contributed by atoms with Crippen molar-refractivity contribution in [3.8, 4) is 0 Å². The van der Waals surface area contributed by atoms with Crippen LogP contribution in [0.4, 0.5) is 0 Å². The van der Waals surface area contributed by atoms with Gasteiger partial charge in [0, 0.05) is 5.57 Å². The van der Waals surface area contributed by atoms with Crippen molar-refractivity contribution in [3.05, 3.63) is 53.6 Å². The average molecular weight is 254 g/mol. The summed E-state index contributed by atoms with van der Waals surface area (Å²) in [6.45, 7) is 0. The minimum absolute atomic E-state index is 0.185. The smallest absolute Gasteiger partial charge is 0.334 e. The number of ether oxygens (including phenoxy) is 1. The maximum absolute atomic E-state index is 12.1. The fourth-order valence-electron chi connectivity index (χ4n) is 3.30. The van der Waals surface area contributed by atoms with Crippen LogP contribution in [0, 0.1) is 17.8 Å². The molecule has 2 aliphatic carbocycles. The van der Waals surface area contributed by atoms with Gasteiger partial charge < -0.3 is 4.74 Å². The minimum atomic E-state index is -0.185. The van der Waals surface area contributed by atoms with Crippen LogP contribution in [-0.2, 0) is 9.53 Å². The first kappa shape index (κ1) is 12.2. The molecule has 1 fully saturated rings. The summed E-state index contributed by atoms with van der Waals surface area (Å²) in [6.07, 6.45) is 8.81. The largest absolute Gasteiger partial charge is 0.466 e. The fraction of sp³-hybridized carbons (Fsp3) is 0.353. The molecular weight excluding hydrogens is 236 g/mol. The van der Waals surface area contributed by atoms with Gasteiger partial charge in [-0.05, 0) is 42.2 Å². The van der Waals surface area contributed by atoms with Crippen molar-refractivity contribution < 1.29 is 9.53 Å². The highest BCUT2D eigenvalue weighted by Gasteiger charge is 2.39. The molecule has 0 heterocycles. The molecule has 0 amide bonds. The Balaban J connectivity index is 1.92. The van der Waals surface area contributed by atoms with Crippen LogP contribution in [-0.4, -0.2) is 13.1 Å². The lowest BCUT2D eigenvalue weighted by atomic mass is 9.85. The second kappa shape index (κ2) is 5.04. The SMILES string of the molecule is COC(=O)C(=Cc1ccccc1)C1CC2C=CC1C2. The van der Waals surface area contributed by atoms with E-state index in [1.807, 2.05) is 36.4 Å². The molecule has 1 saturated carbocycles. The number of hydrogen-bond acceptors (Lipinski definition) is 2. The molecule has 2 nitrogen and oxygen atoms in total. The summed E-state index contributed by atoms with van der Waals surface area (Å²) in [7, 11) is 1.46. The van der Waals surface area contributed by atoms with Crippen molar-refractivity contribution in [1.29, 1.82) is 0 Å². The van der Waals surface area contributed by atoms with Gasteiger partial charge in [-0.3, -0.25) is 0 Å². The van der Waals surface area contributed by atoms with E-state index < -0.39 is 0 Å². The van der Waals surface area contributed by atoms with Gasteiger partial charge in [-0.2, -0.15) is 0 Å². The molecule has 98 valence electrons. The standard InChI is InChI=1S/C17H18O2/c1-19-17(18)16(10-12-5-3-2-4-6-12)15-11-13-7-8-14(15)9-13/h2-8,10,13-15H,9,11H2,1H3. The van der Waals surface area contributed by atoms with Crippen molar-refractivity contribution in [1.82, 2.24) is 0 Å². The second-order valence-electron chi connectivity index (χ2n) is 5.39. The third-order valence-electron chi connectivity index (χ3n) is 4.22. The molecule has 0 aromatic heterocycles. The Hall–Kier alpha value is -1.83. The molecule has 0 N–H and O–H groups in total. The Morgan fingerprint density at radius 1 is 1.21 bits per heavy atom. The average Bonchev–Trinajstić information content (AvgIpc) is 3.07. The minimum Gasteiger partial charge on any atom is -0.466 e. The van der Waals surface area contributed by atoms with E-state index in [-0.39, 0.29) is 5.97 Å². The molecule has 2 heteroatoms. The Labute approximate surface area is 113 Å². The van der Waals surface area contributed by atoms with Crippen molar-refractivity contribution >= 4 is 12.0 Å². The lowest BCUT2D eigenvalue weighted by Gasteiger charge is -2.20. The van der Waals surface area contributed by atoms with Crippen LogP contribution < -0.4 is 0 Å².